The summed E-state index contributed by atoms with van der Waals surface area (Å²) >= 11 is 2.95. The van der Waals surface area contributed by atoms with Crippen LogP contribution in [0.1, 0.15) is 22.3 Å². The van der Waals surface area contributed by atoms with Crippen molar-refractivity contribution in [1.29, 1.82) is 0 Å². The molecule has 2 heterocycles. The van der Waals surface area contributed by atoms with Gasteiger partial charge in [0, 0.05) is 5.75 Å². The average Bonchev–Trinajstić information content (AvgIpc) is 3.16. The van der Waals surface area contributed by atoms with E-state index in [-0.39, 0.29) is 11.4 Å². The molecule has 0 saturated carbocycles. The van der Waals surface area contributed by atoms with Gasteiger partial charge in [0.25, 0.3) is 5.56 Å². The number of hydrogen-bond acceptors (Lipinski definition) is 4. The van der Waals surface area contributed by atoms with E-state index in [2.05, 4.69) is 32.0 Å². The zero-order valence-corrected chi connectivity index (χ0v) is 17.2. The van der Waals surface area contributed by atoms with Crippen LogP contribution in [0.4, 0.5) is 4.39 Å². The summed E-state index contributed by atoms with van der Waals surface area (Å²) in [6.07, 6.45) is 0. The van der Waals surface area contributed by atoms with Crippen molar-refractivity contribution in [1.82, 2.24) is 9.55 Å². The van der Waals surface area contributed by atoms with Crippen LogP contribution in [0.15, 0.2) is 63.9 Å². The second kappa shape index (κ2) is 7.89. The average molecular weight is 411 g/mol. The summed E-state index contributed by atoms with van der Waals surface area (Å²) in [6, 6.07) is 14.5. The third-order valence-electron chi connectivity index (χ3n) is 4.72. The van der Waals surface area contributed by atoms with Crippen molar-refractivity contribution >= 4 is 33.3 Å². The predicted octanol–water partition coefficient (Wildman–Crippen LogP) is 5.55. The van der Waals surface area contributed by atoms with E-state index in [1.807, 2.05) is 11.4 Å². The zero-order chi connectivity index (χ0) is 19.7. The number of aryl methyl sites for hydroxylation is 2. The molecular formula is C22H19FN2OS2. The van der Waals surface area contributed by atoms with Crippen LogP contribution in [0.5, 0.6) is 0 Å². The van der Waals surface area contributed by atoms with Crippen molar-refractivity contribution in [3.8, 4) is 0 Å². The van der Waals surface area contributed by atoms with Crippen LogP contribution in [0, 0.1) is 19.7 Å². The molecule has 0 atom stereocenters. The van der Waals surface area contributed by atoms with Crippen molar-refractivity contribution in [3.63, 3.8) is 0 Å². The number of rotatable bonds is 5. The van der Waals surface area contributed by atoms with Gasteiger partial charge in [0.2, 0.25) is 0 Å². The molecule has 4 rings (SSSR count). The molecule has 4 aromatic rings. The number of nitrogens with zero attached hydrogens (tertiary/aromatic N) is 2. The summed E-state index contributed by atoms with van der Waals surface area (Å²) in [4.78, 5) is 17.8. The third-order valence-corrected chi connectivity index (χ3v) is 6.66. The van der Waals surface area contributed by atoms with Crippen LogP contribution in [-0.2, 0) is 12.3 Å². The van der Waals surface area contributed by atoms with E-state index >= 15 is 0 Å². The van der Waals surface area contributed by atoms with Gasteiger partial charge in [0.05, 0.1) is 12.1 Å². The predicted molar refractivity (Wildman–Crippen MR) is 115 cm³/mol. The van der Waals surface area contributed by atoms with Crippen molar-refractivity contribution in [2.45, 2.75) is 31.3 Å². The van der Waals surface area contributed by atoms with Crippen LogP contribution in [0.25, 0.3) is 10.2 Å². The Morgan fingerprint density at radius 3 is 2.54 bits per heavy atom. The first-order chi connectivity index (χ1) is 13.5. The molecular weight excluding hydrogens is 391 g/mol. The van der Waals surface area contributed by atoms with Crippen molar-refractivity contribution in [2.24, 2.45) is 0 Å². The molecule has 3 nitrogen and oxygen atoms in total. The minimum Gasteiger partial charge on any atom is -0.282 e. The molecule has 0 fully saturated rings. The number of thioether (sulfide) groups is 1. The van der Waals surface area contributed by atoms with Gasteiger partial charge in [-0.2, -0.15) is 0 Å². The highest BCUT2D eigenvalue weighted by Crippen LogP contribution is 2.25. The van der Waals surface area contributed by atoms with Gasteiger partial charge in [-0.3, -0.25) is 9.36 Å². The van der Waals surface area contributed by atoms with Gasteiger partial charge in [0.15, 0.2) is 5.16 Å². The van der Waals surface area contributed by atoms with Crippen LogP contribution in [-0.4, -0.2) is 9.55 Å². The van der Waals surface area contributed by atoms with Gasteiger partial charge >= 0.3 is 0 Å². The van der Waals surface area contributed by atoms with Crippen LogP contribution >= 0.6 is 23.1 Å². The summed E-state index contributed by atoms with van der Waals surface area (Å²) in [6.45, 7) is 4.57. The lowest BCUT2D eigenvalue weighted by Gasteiger charge is -2.12. The van der Waals surface area contributed by atoms with Crippen LogP contribution < -0.4 is 5.56 Å². The van der Waals surface area contributed by atoms with Gasteiger partial charge in [-0.1, -0.05) is 42.1 Å². The maximum atomic E-state index is 13.2. The molecule has 0 aliphatic heterocycles. The van der Waals surface area contributed by atoms with E-state index in [9.17, 15) is 9.18 Å². The van der Waals surface area contributed by atoms with Crippen LogP contribution in [0.3, 0.4) is 0 Å². The number of halogens is 1. The smallest absolute Gasteiger partial charge is 0.272 e. The second-order valence-corrected chi connectivity index (χ2v) is 8.61. The summed E-state index contributed by atoms with van der Waals surface area (Å²) in [5.41, 5.74) is 5.26. The van der Waals surface area contributed by atoms with Gasteiger partial charge in [-0.15, -0.1) is 11.3 Å². The van der Waals surface area contributed by atoms with E-state index in [4.69, 9.17) is 4.98 Å². The normalized spacial score (nSPS) is 11.2. The maximum absolute atomic E-state index is 13.2. The number of hydrogen-bond donors (Lipinski definition) is 0. The molecule has 2 aromatic carbocycles. The first-order valence-electron chi connectivity index (χ1n) is 8.92. The highest BCUT2D eigenvalue weighted by atomic mass is 32.2. The largest absolute Gasteiger partial charge is 0.282 e. The highest BCUT2D eigenvalue weighted by Gasteiger charge is 2.13. The molecule has 0 saturated heterocycles. The van der Waals surface area contributed by atoms with E-state index < -0.39 is 0 Å². The molecule has 2 aromatic heterocycles. The standard InChI is InChI=1S/C22H19FN2OS2/c1-14-3-4-17(11-15(14)2)13-28-22-24-19-9-10-27-20(19)21(26)25(22)12-16-5-7-18(23)8-6-16/h3-11H,12-13H2,1-2H3. The van der Waals surface area contributed by atoms with Gasteiger partial charge in [-0.25, -0.2) is 9.37 Å². The third kappa shape index (κ3) is 3.88. The maximum Gasteiger partial charge on any atom is 0.272 e. The summed E-state index contributed by atoms with van der Waals surface area (Å²) in [5, 5.41) is 2.57. The van der Waals surface area contributed by atoms with Crippen molar-refractivity contribution < 1.29 is 4.39 Å². The van der Waals surface area contributed by atoms with Gasteiger partial charge < -0.3 is 0 Å². The Morgan fingerprint density at radius 1 is 1.04 bits per heavy atom. The number of fused-ring (bicyclic) bond motifs is 1. The zero-order valence-electron chi connectivity index (χ0n) is 15.6. The van der Waals surface area contributed by atoms with E-state index in [0.717, 1.165) is 16.8 Å². The Morgan fingerprint density at radius 2 is 1.79 bits per heavy atom. The summed E-state index contributed by atoms with van der Waals surface area (Å²) in [5.74, 6) is 0.444. The molecule has 0 radical (unpaired) electrons. The van der Waals surface area contributed by atoms with Crippen LogP contribution in [0.2, 0.25) is 0 Å². The molecule has 0 aliphatic carbocycles. The molecule has 6 heteroatoms. The fraction of sp³-hybridized carbons (Fsp3) is 0.182. The lowest BCUT2D eigenvalue weighted by molar-refractivity contribution is 0.623. The fourth-order valence-electron chi connectivity index (χ4n) is 2.99. The van der Waals surface area contributed by atoms with Gasteiger partial charge in [-0.05, 0) is 59.7 Å². The SMILES string of the molecule is Cc1ccc(CSc2nc3ccsc3c(=O)n2Cc2ccc(F)cc2)cc1C. The van der Waals surface area contributed by atoms with Crippen molar-refractivity contribution in [3.05, 3.63) is 92.3 Å². The minimum atomic E-state index is -0.285. The molecule has 0 amide bonds. The summed E-state index contributed by atoms with van der Waals surface area (Å²) < 4.78 is 15.6. The number of benzene rings is 2. The molecule has 28 heavy (non-hydrogen) atoms. The molecule has 0 unspecified atom stereocenters. The molecule has 0 spiro atoms. The van der Waals surface area contributed by atoms with Gasteiger partial charge in [0.1, 0.15) is 10.5 Å². The Kier molecular flexibility index (Phi) is 5.33. The number of aromatic nitrogens is 2. The molecule has 142 valence electrons. The molecule has 0 bridgehead atoms. The lowest BCUT2D eigenvalue weighted by Crippen LogP contribution is -2.23. The topological polar surface area (TPSA) is 34.9 Å². The quantitative estimate of drug-likeness (QED) is 0.319. The first-order valence-corrected chi connectivity index (χ1v) is 10.8. The molecule has 0 N–H and O–H groups in total. The Hall–Kier alpha value is -2.44. The Balaban J connectivity index is 1.70. The van der Waals surface area contributed by atoms with E-state index in [0.29, 0.717) is 16.4 Å². The summed E-state index contributed by atoms with van der Waals surface area (Å²) in [7, 11) is 0. The molecule has 0 aliphatic rings. The lowest BCUT2D eigenvalue weighted by atomic mass is 10.1. The number of thiophene rings is 1. The fourth-order valence-corrected chi connectivity index (χ4v) is 4.71. The van der Waals surface area contributed by atoms with Crippen molar-refractivity contribution in [2.75, 3.05) is 0 Å². The Labute approximate surface area is 170 Å². The first kappa shape index (κ1) is 18.9. The monoisotopic (exact) mass is 410 g/mol. The highest BCUT2D eigenvalue weighted by molar-refractivity contribution is 7.98. The minimum absolute atomic E-state index is 0.0492. The second-order valence-electron chi connectivity index (χ2n) is 6.75. The van der Waals surface area contributed by atoms with E-state index in [1.54, 1.807) is 28.5 Å². The Bertz CT molecular complexity index is 1200. The van der Waals surface area contributed by atoms with E-state index in [1.165, 1.54) is 40.2 Å².